The molecule has 53 heavy (non-hydrogen) atoms. The maximum absolute atomic E-state index is 2.46. The number of thiophene rings is 2. The molecule has 1 aliphatic rings. The molecule has 0 fully saturated rings. The summed E-state index contributed by atoms with van der Waals surface area (Å²) in [4.78, 5) is 0. The van der Waals surface area contributed by atoms with Crippen molar-refractivity contribution in [3.05, 3.63) is 169 Å². The molecular weight excluding hydrogens is 677 g/mol. The zero-order chi connectivity index (χ0) is 35.0. The highest BCUT2D eigenvalue weighted by Gasteiger charge is 2.35. The Labute approximate surface area is 315 Å². The van der Waals surface area contributed by atoms with E-state index in [1.807, 2.05) is 22.7 Å². The van der Waals surface area contributed by atoms with Crippen LogP contribution in [0.3, 0.4) is 0 Å². The molecule has 0 radical (unpaired) electrons. The molecule has 0 unspecified atom stereocenters. The van der Waals surface area contributed by atoms with Crippen molar-refractivity contribution in [1.29, 1.82) is 0 Å². The van der Waals surface area contributed by atoms with Gasteiger partial charge in [-0.2, -0.15) is 0 Å². The van der Waals surface area contributed by atoms with E-state index in [1.165, 1.54) is 117 Å². The van der Waals surface area contributed by atoms with Crippen LogP contribution in [0.4, 0.5) is 0 Å². The molecule has 0 amide bonds. The second kappa shape index (κ2) is 10.6. The molecule has 11 aromatic rings. The fraction of sp³-hybridized carbons (Fsp3) is 0.0588. The van der Waals surface area contributed by atoms with Gasteiger partial charge in [0, 0.05) is 36.4 Å². The predicted molar refractivity (Wildman–Crippen MR) is 233 cm³/mol. The first-order valence-corrected chi connectivity index (χ1v) is 20.1. The van der Waals surface area contributed by atoms with Crippen LogP contribution in [-0.2, 0) is 5.41 Å². The summed E-state index contributed by atoms with van der Waals surface area (Å²) in [6.07, 6.45) is 0. The Hall–Kier alpha value is -5.80. The van der Waals surface area contributed by atoms with Crippen molar-refractivity contribution in [2.75, 3.05) is 0 Å². The second-order valence-electron chi connectivity index (χ2n) is 15.2. The van der Waals surface area contributed by atoms with Gasteiger partial charge in [-0.3, -0.25) is 0 Å². The fourth-order valence-corrected chi connectivity index (χ4v) is 12.2. The van der Waals surface area contributed by atoms with Gasteiger partial charge in [0.2, 0.25) is 0 Å². The normalized spacial score (nSPS) is 13.6. The van der Waals surface area contributed by atoms with E-state index in [-0.39, 0.29) is 5.41 Å². The zero-order valence-corrected chi connectivity index (χ0v) is 31.0. The van der Waals surface area contributed by atoms with Crippen molar-refractivity contribution in [3.8, 4) is 33.4 Å². The van der Waals surface area contributed by atoms with Crippen LogP contribution in [0.1, 0.15) is 25.0 Å². The third-order valence-corrected chi connectivity index (χ3v) is 14.7. The summed E-state index contributed by atoms with van der Waals surface area (Å²) in [5, 5.41) is 13.2. The summed E-state index contributed by atoms with van der Waals surface area (Å²) in [7, 11) is 0. The third kappa shape index (κ3) is 4.00. The summed E-state index contributed by atoms with van der Waals surface area (Å²) < 4.78 is 5.52. The number of hydrogen-bond acceptors (Lipinski definition) is 2. The van der Waals surface area contributed by atoms with Crippen LogP contribution in [0.2, 0.25) is 0 Å². The maximum atomic E-state index is 2.46. The molecule has 0 N–H and O–H groups in total. The summed E-state index contributed by atoms with van der Waals surface area (Å²) in [6.45, 7) is 4.72. The van der Waals surface area contributed by atoms with E-state index in [2.05, 4.69) is 172 Å². The molecule has 12 rings (SSSR count). The molecule has 0 aliphatic heterocycles. The lowest BCUT2D eigenvalue weighted by atomic mass is 9.81. The summed E-state index contributed by atoms with van der Waals surface area (Å²) in [6, 6.07) is 59.5. The van der Waals surface area contributed by atoms with Crippen LogP contribution in [0.5, 0.6) is 0 Å². The van der Waals surface area contributed by atoms with E-state index < -0.39 is 0 Å². The Bertz CT molecular complexity index is 3310. The van der Waals surface area contributed by atoms with Crippen molar-refractivity contribution < 1.29 is 0 Å². The Balaban J connectivity index is 1.09. The Kier molecular flexibility index (Phi) is 5.97. The van der Waals surface area contributed by atoms with Crippen LogP contribution in [-0.4, -0.2) is 0 Å². The molecule has 248 valence electrons. The molecule has 1 aliphatic carbocycles. The summed E-state index contributed by atoms with van der Waals surface area (Å²) in [5.41, 5.74) is 10.7. The van der Waals surface area contributed by atoms with Crippen molar-refractivity contribution in [2.45, 2.75) is 19.3 Å². The largest absolute Gasteiger partial charge is 0.134 e. The van der Waals surface area contributed by atoms with Crippen LogP contribution >= 0.6 is 22.7 Å². The van der Waals surface area contributed by atoms with E-state index in [1.54, 1.807) is 0 Å². The number of rotatable bonds is 2. The number of benzene rings is 9. The topological polar surface area (TPSA) is 0 Å². The molecule has 0 nitrogen and oxygen atoms in total. The Morgan fingerprint density at radius 1 is 0.358 bits per heavy atom. The molecule has 0 bridgehead atoms. The molecule has 0 saturated heterocycles. The van der Waals surface area contributed by atoms with Gasteiger partial charge in [-0.1, -0.05) is 153 Å². The monoisotopic (exact) mass is 708 g/mol. The molecule has 9 aromatic carbocycles. The van der Waals surface area contributed by atoms with Crippen LogP contribution < -0.4 is 0 Å². The van der Waals surface area contributed by atoms with Gasteiger partial charge < -0.3 is 0 Å². The molecule has 2 heterocycles. The summed E-state index contributed by atoms with van der Waals surface area (Å²) in [5.74, 6) is 0. The highest BCUT2D eigenvalue weighted by molar-refractivity contribution is 7.34. The lowest BCUT2D eigenvalue weighted by molar-refractivity contribution is 0.660. The first-order valence-electron chi connectivity index (χ1n) is 18.4. The Morgan fingerprint density at radius 3 is 1.62 bits per heavy atom. The van der Waals surface area contributed by atoms with E-state index >= 15 is 0 Å². The minimum Gasteiger partial charge on any atom is -0.134 e. The van der Waals surface area contributed by atoms with Crippen molar-refractivity contribution in [1.82, 2.24) is 0 Å². The number of hydrogen-bond donors (Lipinski definition) is 0. The van der Waals surface area contributed by atoms with Gasteiger partial charge in [0.25, 0.3) is 0 Å². The van der Waals surface area contributed by atoms with E-state index in [0.29, 0.717) is 0 Å². The van der Waals surface area contributed by atoms with Crippen LogP contribution in [0, 0.1) is 0 Å². The van der Waals surface area contributed by atoms with Gasteiger partial charge in [0.1, 0.15) is 0 Å². The fourth-order valence-electron chi connectivity index (χ4n) is 9.58. The van der Waals surface area contributed by atoms with Gasteiger partial charge in [-0.25, -0.2) is 0 Å². The van der Waals surface area contributed by atoms with Gasteiger partial charge in [-0.15, -0.1) is 22.7 Å². The van der Waals surface area contributed by atoms with Gasteiger partial charge >= 0.3 is 0 Å². The van der Waals surface area contributed by atoms with Crippen LogP contribution in [0.25, 0.3) is 106 Å². The molecule has 2 heteroatoms. The summed E-state index contributed by atoms with van der Waals surface area (Å²) >= 11 is 3.89. The smallest absolute Gasteiger partial charge is 0.0534 e. The van der Waals surface area contributed by atoms with E-state index in [9.17, 15) is 0 Å². The van der Waals surface area contributed by atoms with Crippen molar-refractivity contribution >= 4 is 95.3 Å². The van der Waals surface area contributed by atoms with E-state index in [4.69, 9.17) is 0 Å². The van der Waals surface area contributed by atoms with Gasteiger partial charge in [-0.05, 0) is 95.0 Å². The minimum absolute atomic E-state index is 0.0138. The minimum atomic E-state index is -0.0138. The maximum Gasteiger partial charge on any atom is 0.0534 e. The highest BCUT2D eigenvalue weighted by atomic mass is 32.1. The molecule has 0 saturated carbocycles. The van der Waals surface area contributed by atoms with Gasteiger partial charge in [0.15, 0.2) is 0 Å². The second-order valence-corrected chi connectivity index (χ2v) is 17.2. The highest BCUT2D eigenvalue weighted by Crippen LogP contribution is 2.52. The average molecular weight is 709 g/mol. The molecular formula is C51H32S2. The van der Waals surface area contributed by atoms with Crippen molar-refractivity contribution in [2.24, 2.45) is 0 Å². The van der Waals surface area contributed by atoms with Gasteiger partial charge in [0.05, 0.1) is 9.40 Å². The first kappa shape index (κ1) is 29.7. The van der Waals surface area contributed by atoms with E-state index in [0.717, 1.165) is 0 Å². The zero-order valence-electron chi connectivity index (χ0n) is 29.3. The lowest BCUT2D eigenvalue weighted by Crippen LogP contribution is -2.14. The Morgan fingerprint density at radius 2 is 0.887 bits per heavy atom. The average Bonchev–Trinajstić information content (AvgIpc) is 3.84. The number of fused-ring (bicyclic) bond motifs is 14. The first-order chi connectivity index (χ1) is 26.0. The molecule has 0 spiro atoms. The molecule has 0 atom stereocenters. The van der Waals surface area contributed by atoms with Crippen molar-refractivity contribution in [3.63, 3.8) is 0 Å². The van der Waals surface area contributed by atoms with Crippen LogP contribution in [0.15, 0.2) is 158 Å². The third-order valence-electron chi connectivity index (χ3n) is 12.1. The standard InChI is InChI=1S/C51H32S2/c1-51(2)43-18-10-9-13-33(43)41-27-30(20-25-44(41)51)46-34-14-5-7-16-36(34)47(37-17-8-6-15-35(37)46)31-21-26-45-42(28-31)40-24-23-39-38-22-19-29-11-3-4-12-32(29)48(38)53-50(39)49(40)52-45/h3-28H,1-2H3. The lowest BCUT2D eigenvalue weighted by Gasteiger charge is -2.22. The SMILES string of the molecule is CC1(C)c2ccccc2-c2cc(-c3c4ccccc4c(-c4ccc5sc6c(ccc7c8ccc9ccccc9c8sc76)c5c4)c4ccccc34)ccc21. The predicted octanol–water partition coefficient (Wildman–Crippen LogP) is 15.5. The molecule has 2 aromatic heterocycles. The quantitative estimate of drug-likeness (QED) is 0.157.